The van der Waals surface area contributed by atoms with Gasteiger partial charge in [-0.2, -0.15) is 0 Å². The molecule has 1 fully saturated rings. The highest BCUT2D eigenvalue weighted by molar-refractivity contribution is 7.99. The third-order valence-electron chi connectivity index (χ3n) is 4.98. The highest BCUT2D eigenvalue weighted by Gasteiger charge is 2.26. The Bertz CT molecular complexity index is 949. The molecule has 1 aliphatic carbocycles. The SMILES string of the molecule is CCC(CSc1nncn1-c1ccc(C2CC2)c2ccccc12)C(=O)O. The maximum Gasteiger partial charge on any atom is 0.307 e. The predicted octanol–water partition coefficient (Wildman–Crippen LogP) is 4.50. The van der Waals surface area contributed by atoms with Crippen LogP contribution in [-0.2, 0) is 4.79 Å². The van der Waals surface area contributed by atoms with Gasteiger partial charge in [-0.05, 0) is 42.2 Å². The fourth-order valence-corrected chi connectivity index (χ4v) is 4.41. The first-order chi connectivity index (χ1) is 12.7. The molecule has 1 unspecified atom stereocenters. The lowest BCUT2D eigenvalue weighted by molar-refractivity contribution is -0.140. The van der Waals surface area contributed by atoms with Crippen molar-refractivity contribution in [2.75, 3.05) is 5.75 Å². The maximum atomic E-state index is 11.3. The van der Waals surface area contributed by atoms with Crippen molar-refractivity contribution in [3.05, 3.63) is 48.3 Å². The molecule has 0 saturated heterocycles. The van der Waals surface area contributed by atoms with Crippen LogP contribution in [0.2, 0.25) is 0 Å². The molecule has 0 radical (unpaired) electrons. The zero-order chi connectivity index (χ0) is 18.1. The van der Waals surface area contributed by atoms with Gasteiger partial charge in [0.2, 0.25) is 0 Å². The number of thioether (sulfide) groups is 1. The second-order valence-corrected chi connectivity index (χ2v) is 7.72. The van der Waals surface area contributed by atoms with Crippen LogP contribution in [0.3, 0.4) is 0 Å². The number of carboxylic acids is 1. The summed E-state index contributed by atoms with van der Waals surface area (Å²) in [6, 6.07) is 12.8. The Morgan fingerprint density at radius 3 is 2.73 bits per heavy atom. The van der Waals surface area contributed by atoms with Gasteiger partial charge in [0, 0.05) is 11.1 Å². The predicted molar refractivity (Wildman–Crippen MR) is 103 cm³/mol. The average molecular weight is 367 g/mol. The second kappa shape index (κ2) is 7.11. The van der Waals surface area contributed by atoms with Gasteiger partial charge in [-0.15, -0.1) is 10.2 Å². The number of hydrogen-bond acceptors (Lipinski definition) is 4. The molecule has 26 heavy (non-hydrogen) atoms. The molecular weight excluding hydrogens is 346 g/mol. The molecule has 4 rings (SSSR count). The van der Waals surface area contributed by atoms with Crippen LogP contribution >= 0.6 is 11.8 Å². The van der Waals surface area contributed by atoms with Gasteiger partial charge in [-0.3, -0.25) is 9.36 Å². The summed E-state index contributed by atoms with van der Waals surface area (Å²) in [4.78, 5) is 11.3. The summed E-state index contributed by atoms with van der Waals surface area (Å²) in [6.45, 7) is 1.90. The first kappa shape index (κ1) is 17.1. The van der Waals surface area contributed by atoms with E-state index in [0.717, 1.165) is 10.8 Å². The van der Waals surface area contributed by atoms with Crippen LogP contribution in [0.4, 0.5) is 0 Å². The van der Waals surface area contributed by atoms with Gasteiger partial charge >= 0.3 is 5.97 Å². The number of benzene rings is 2. The molecule has 0 amide bonds. The molecule has 1 atom stereocenters. The van der Waals surface area contributed by atoms with E-state index in [1.54, 1.807) is 6.33 Å². The van der Waals surface area contributed by atoms with Gasteiger partial charge < -0.3 is 5.11 Å². The fraction of sp³-hybridized carbons (Fsp3) is 0.350. The summed E-state index contributed by atoms with van der Waals surface area (Å²) in [5.74, 6) is 0.0387. The Balaban J connectivity index is 1.70. The number of nitrogens with zero attached hydrogens (tertiary/aromatic N) is 3. The van der Waals surface area contributed by atoms with Crippen LogP contribution in [0.15, 0.2) is 47.9 Å². The zero-order valence-electron chi connectivity index (χ0n) is 14.6. The highest BCUT2D eigenvalue weighted by Crippen LogP contribution is 2.44. The van der Waals surface area contributed by atoms with Crippen molar-refractivity contribution in [3.8, 4) is 5.69 Å². The zero-order valence-corrected chi connectivity index (χ0v) is 15.4. The van der Waals surface area contributed by atoms with Crippen LogP contribution < -0.4 is 0 Å². The molecule has 3 aromatic rings. The lowest BCUT2D eigenvalue weighted by Crippen LogP contribution is -2.15. The molecule has 1 saturated carbocycles. The summed E-state index contributed by atoms with van der Waals surface area (Å²) in [7, 11) is 0. The quantitative estimate of drug-likeness (QED) is 0.623. The average Bonchev–Trinajstić information content (AvgIpc) is 3.39. The summed E-state index contributed by atoms with van der Waals surface area (Å²) < 4.78 is 1.97. The van der Waals surface area contributed by atoms with E-state index in [2.05, 4.69) is 46.6 Å². The molecule has 2 aromatic carbocycles. The van der Waals surface area contributed by atoms with Gasteiger partial charge in [0.15, 0.2) is 5.16 Å². The largest absolute Gasteiger partial charge is 0.481 e. The highest BCUT2D eigenvalue weighted by atomic mass is 32.2. The minimum Gasteiger partial charge on any atom is -0.481 e. The molecule has 0 aliphatic heterocycles. The van der Waals surface area contributed by atoms with Crippen molar-refractivity contribution in [3.63, 3.8) is 0 Å². The Morgan fingerprint density at radius 2 is 2.04 bits per heavy atom. The molecule has 0 spiro atoms. The minimum atomic E-state index is -0.759. The van der Waals surface area contributed by atoms with E-state index in [0.29, 0.717) is 18.1 Å². The van der Waals surface area contributed by atoms with Crippen LogP contribution in [0.25, 0.3) is 16.5 Å². The smallest absolute Gasteiger partial charge is 0.307 e. The minimum absolute atomic E-state index is 0.376. The Kier molecular flexibility index (Phi) is 4.68. The molecule has 1 heterocycles. The van der Waals surface area contributed by atoms with E-state index in [1.165, 1.54) is 40.9 Å². The van der Waals surface area contributed by atoms with Gasteiger partial charge in [0.05, 0.1) is 11.6 Å². The first-order valence-electron chi connectivity index (χ1n) is 8.96. The molecule has 1 aliphatic rings. The fourth-order valence-electron chi connectivity index (χ4n) is 3.29. The number of fused-ring (bicyclic) bond motifs is 1. The standard InChI is InChI=1S/C20H21N3O2S/c1-2-13(19(24)25)11-26-20-22-21-12-23(20)18-10-9-15(14-7-8-14)16-5-3-4-6-17(16)18/h3-6,9-10,12-14H,2,7-8,11H2,1H3,(H,24,25). The molecule has 134 valence electrons. The number of aromatic nitrogens is 3. The maximum absolute atomic E-state index is 11.3. The first-order valence-corrected chi connectivity index (χ1v) is 9.95. The van der Waals surface area contributed by atoms with Gasteiger partial charge in [0.1, 0.15) is 6.33 Å². The van der Waals surface area contributed by atoms with E-state index in [4.69, 9.17) is 0 Å². The lowest BCUT2D eigenvalue weighted by Gasteiger charge is -2.14. The van der Waals surface area contributed by atoms with E-state index in [-0.39, 0.29) is 5.92 Å². The number of carbonyl (C=O) groups is 1. The molecule has 1 N–H and O–H groups in total. The molecule has 0 bridgehead atoms. The van der Waals surface area contributed by atoms with Crippen molar-refractivity contribution in [2.45, 2.75) is 37.3 Å². The van der Waals surface area contributed by atoms with Crippen LogP contribution in [-0.4, -0.2) is 31.6 Å². The topological polar surface area (TPSA) is 68.0 Å². The Hall–Kier alpha value is -2.34. The summed E-state index contributed by atoms with van der Waals surface area (Å²) >= 11 is 1.45. The molecule has 6 heteroatoms. The van der Waals surface area contributed by atoms with E-state index in [1.807, 2.05) is 11.5 Å². The van der Waals surface area contributed by atoms with E-state index < -0.39 is 5.97 Å². The number of hydrogen-bond donors (Lipinski definition) is 1. The number of rotatable bonds is 7. The molecular formula is C20H21N3O2S. The molecule has 5 nitrogen and oxygen atoms in total. The summed E-state index contributed by atoms with van der Waals surface area (Å²) in [5, 5.41) is 20.7. The van der Waals surface area contributed by atoms with Crippen molar-refractivity contribution < 1.29 is 9.90 Å². The van der Waals surface area contributed by atoms with Crippen molar-refractivity contribution in [1.29, 1.82) is 0 Å². The van der Waals surface area contributed by atoms with E-state index >= 15 is 0 Å². The van der Waals surface area contributed by atoms with Crippen LogP contribution in [0, 0.1) is 5.92 Å². The van der Waals surface area contributed by atoms with Crippen molar-refractivity contribution in [1.82, 2.24) is 14.8 Å². The van der Waals surface area contributed by atoms with Crippen molar-refractivity contribution >= 4 is 28.5 Å². The van der Waals surface area contributed by atoms with Gasteiger partial charge in [0.25, 0.3) is 0 Å². The summed E-state index contributed by atoms with van der Waals surface area (Å²) in [5.41, 5.74) is 2.46. The Morgan fingerprint density at radius 1 is 1.27 bits per heavy atom. The Labute approximate surface area is 156 Å². The lowest BCUT2D eigenvalue weighted by atomic mass is 9.99. The van der Waals surface area contributed by atoms with Gasteiger partial charge in [-0.25, -0.2) is 0 Å². The number of aliphatic carboxylic acids is 1. The van der Waals surface area contributed by atoms with Crippen LogP contribution in [0.1, 0.15) is 37.7 Å². The number of carboxylic acid groups (broad SMARTS) is 1. The third-order valence-corrected chi connectivity index (χ3v) is 6.09. The monoisotopic (exact) mass is 367 g/mol. The molecule has 1 aromatic heterocycles. The van der Waals surface area contributed by atoms with E-state index in [9.17, 15) is 9.90 Å². The summed E-state index contributed by atoms with van der Waals surface area (Å²) in [6.07, 6.45) is 4.85. The normalized spacial score (nSPS) is 15.3. The second-order valence-electron chi connectivity index (χ2n) is 6.73. The van der Waals surface area contributed by atoms with Crippen molar-refractivity contribution in [2.24, 2.45) is 5.92 Å². The van der Waals surface area contributed by atoms with Crippen LogP contribution in [0.5, 0.6) is 0 Å². The third kappa shape index (κ3) is 3.21. The van der Waals surface area contributed by atoms with Gasteiger partial charge in [-0.1, -0.05) is 49.0 Å².